The Balaban J connectivity index is 2.57. The molecule has 3 N–H and O–H groups in total. The van der Waals surface area contributed by atoms with E-state index >= 15 is 0 Å². The van der Waals surface area contributed by atoms with Gasteiger partial charge in [-0.25, -0.2) is 9.59 Å². The lowest BCUT2D eigenvalue weighted by molar-refractivity contribution is 0.0695. The number of hydrogen-bond acceptors (Lipinski definition) is 4. The molecule has 1 rings (SSSR count). The molecule has 0 spiro atoms. The number of amides is 2. The number of aliphatic hydroxyl groups excluding tert-OH is 1. The standard InChI is InChI=1S/C14H22N2O5/c1-3-4-5-16(6-7-17)14(20)15-9-11-8-12(13(18)19)10(2)21-11/h8,17H,3-7,9H2,1-2H3,(H,15,20)(H,18,19). The molecule has 7 heteroatoms. The molecule has 0 fully saturated rings. The molecule has 0 unspecified atom stereocenters. The second-order valence-electron chi connectivity index (χ2n) is 4.71. The van der Waals surface area contributed by atoms with Crippen molar-refractivity contribution in [3.63, 3.8) is 0 Å². The number of hydrogen-bond donors (Lipinski definition) is 3. The largest absolute Gasteiger partial charge is 0.478 e. The van der Waals surface area contributed by atoms with Gasteiger partial charge in [-0.3, -0.25) is 0 Å². The van der Waals surface area contributed by atoms with Crippen molar-refractivity contribution >= 4 is 12.0 Å². The van der Waals surface area contributed by atoms with Crippen molar-refractivity contribution in [1.82, 2.24) is 10.2 Å². The number of nitrogens with one attached hydrogen (secondary N) is 1. The first kappa shape index (κ1) is 17.0. The molecule has 1 aromatic rings. The minimum atomic E-state index is -1.06. The average Bonchev–Trinajstić information content (AvgIpc) is 2.82. The molecule has 1 heterocycles. The van der Waals surface area contributed by atoms with Crippen LogP contribution in [-0.2, 0) is 6.54 Å². The van der Waals surface area contributed by atoms with Crippen LogP contribution in [0.1, 0.15) is 41.6 Å². The minimum Gasteiger partial charge on any atom is -0.478 e. The van der Waals surface area contributed by atoms with Crippen LogP contribution in [0.5, 0.6) is 0 Å². The Kier molecular flexibility index (Phi) is 6.74. The van der Waals surface area contributed by atoms with Crippen LogP contribution in [0.3, 0.4) is 0 Å². The van der Waals surface area contributed by atoms with E-state index in [9.17, 15) is 9.59 Å². The second-order valence-corrected chi connectivity index (χ2v) is 4.71. The molecule has 7 nitrogen and oxygen atoms in total. The van der Waals surface area contributed by atoms with Crippen LogP contribution in [0, 0.1) is 6.92 Å². The Labute approximate surface area is 123 Å². The van der Waals surface area contributed by atoms with Gasteiger partial charge in [-0.1, -0.05) is 13.3 Å². The normalized spacial score (nSPS) is 10.4. The molecule has 0 atom stereocenters. The summed E-state index contributed by atoms with van der Waals surface area (Å²) in [5.74, 6) is -0.360. The predicted molar refractivity (Wildman–Crippen MR) is 76.2 cm³/mol. The average molecular weight is 298 g/mol. The Morgan fingerprint density at radius 3 is 2.62 bits per heavy atom. The number of unbranched alkanes of at least 4 members (excludes halogenated alkanes) is 1. The van der Waals surface area contributed by atoms with Crippen LogP contribution >= 0.6 is 0 Å². The summed E-state index contributed by atoms with van der Waals surface area (Å²) in [6.07, 6.45) is 1.81. The zero-order valence-electron chi connectivity index (χ0n) is 12.4. The van der Waals surface area contributed by atoms with Gasteiger partial charge < -0.3 is 24.8 Å². The maximum atomic E-state index is 12.0. The summed E-state index contributed by atoms with van der Waals surface area (Å²) in [6, 6.07) is 1.10. The fraction of sp³-hybridized carbons (Fsp3) is 0.571. The van der Waals surface area contributed by atoms with E-state index in [4.69, 9.17) is 14.6 Å². The van der Waals surface area contributed by atoms with E-state index in [1.807, 2.05) is 6.92 Å². The van der Waals surface area contributed by atoms with E-state index in [0.717, 1.165) is 12.8 Å². The third-order valence-corrected chi connectivity index (χ3v) is 3.05. The topological polar surface area (TPSA) is 103 Å². The molecule has 0 bridgehead atoms. The molecule has 118 valence electrons. The molecule has 0 aliphatic rings. The van der Waals surface area contributed by atoms with Gasteiger partial charge >= 0.3 is 12.0 Å². The lowest BCUT2D eigenvalue weighted by Crippen LogP contribution is -2.41. The predicted octanol–water partition coefficient (Wildman–Crippen LogP) is 1.59. The van der Waals surface area contributed by atoms with Crippen LogP contribution in [0.25, 0.3) is 0 Å². The van der Waals surface area contributed by atoms with Crippen molar-refractivity contribution in [1.29, 1.82) is 0 Å². The molecular weight excluding hydrogens is 276 g/mol. The molecule has 21 heavy (non-hydrogen) atoms. The zero-order valence-corrected chi connectivity index (χ0v) is 12.4. The number of urea groups is 1. The molecule has 0 aliphatic carbocycles. The molecule has 0 aliphatic heterocycles. The summed E-state index contributed by atoms with van der Waals surface area (Å²) in [5, 5.41) is 20.6. The number of carboxylic acids is 1. The van der Waals surface area contributed by atoms with Gasteiger partial charge in [0, 0.05) is 13.1 Å². The van der Waals surface area contributed by atoms with Crippen molar-refractivity contribution in [2.24, 2.45) is 0 Å². The number of nitrogens with zero attached hydrogens (tertiary/aromatic N) is 1. The molecule has 1 aromatic heterocycles. The van der Waals surface area contributed by atoms with E-state index in [0.29, 0.717) is 18.1 Å². The fourth-order valence-electron chi connectivity index (χ4n) is 1.90. The van der Waals surface area contributed by atoms with Crippen LogP contribution in [0.15, 0.2) is 10.5 Å². The van der Waals surface area contributed by atoms with Crippen molar-refractivity contribution in [2.45, 2.75) is 33.2 Å². The highest BCUT2D eigenvalue weighted by Gasteiger charge is 2.16. The first-order chi connectivity index (χ1) is 9.99. The quantitative estimate of drug-likeness (QED) is 0.676. The molecule has 2 amide bonds. The highest BCUT2D eigenvalue weighted by molar-refractivity contribution is 5.88. The molecule has 0 saturated carbocycles. The van der Waals surface area contributed by atoms with Crippen LogP contribution in [-0.4, -0.2) is 46.8 Å². The number of carbonyl (C=O) groups is 2. The number of aromatic carboxylic acids is 1. The van der Waals surface area contributed by atoms with E-state index in [-0.39, 0.29) is 31.3 Å². The van der Waals surface area contributed by atoms with Gasteiger partial charge in [0.05, 0.1) is 13.2 Å². The summed E-state index contributed by atoms with van der Waals surface area (Å²) in [7, 11) is 0. The molecule has 0 saturated heterocycles. The number of carboxylic acid groups (broad SMARTS) is 1. The maximum Gasteiger partial charge on any atom is 0.339 e. The highest BCUT2D eigenvalue weighted by atomic mass is 16.4. The van der Waals surface area contributed by atoms with Gasteiger partial charge in [0.2, 0.25) is 0 Å². The van der Waals surface area contributed by atoms with E-state index in [2.05, 4.69) is 5.32 Å². The summed E-state index contributed by atoms with van der Waals surface area (Å²) in [4.78, 5) is 24.4. The molecule has 0 aromatic carbocycles. The third-order valence-electron chi connectivity index (χ3n) is 3.05. The lowest BCUT2D eigenvalue weighted by Gasteiger charge is -2.21. The summed E-state index contributed by atoms with van der Waals surface area (Å²) in [6.45, 7) is 4.44. The number of rotatable bonds is 8. The van der Waals surface area contributed by atoms with Crippen molar-refractivity contribution in [2.75, 3.05) is 19.7 Å². The Morgan fingerprint density at radius 2 is 2.10 bits per heavy atom. The minimum absolute atomic E-state index is 0.0949. The van der Waals surface area contributed by atoms with Crippen LogP contribution in [0.2, 0.25) is 0 Å². The zero-order chi connectivity index (χ0) is 15.8. The van der Waals surface area contributed by atoms with E-state index in [1.165, 1.54) is 11.0 Å². The number of carbonyl (C=O) groups excluding carboxylic acids is 1. The summed E-state index contributed by atoms with van der Waals surface area (Å²) in [5.41, 5.74) is 0.0949. The lowest BCUT2D eigenvalue weighted by atomic mass is 10.2. The summed E-state index contributed by atoms with van der Waals surface area (Å²) < 4.78 is 5.28. The molecule has 0 radical (unpaired) electrons. The monoisotopic (exact) mass is 298 g/mol. The van der Waals surface area contributed by atoms with E-state index in [1.54, 1.807) is 6.92 Å². The van der Waals surface area contributed by atoms with Gasteiger partial charge in [0.15, 0.2) is 0 Å². The van der Waals surface area contributed by atoms with Gasteiger partial charge in [-0.15, -0.1) is 0 Å². The third kappa shape index (κ3) is 5.11. The maximum absolute atomic E-state index is 12.0. The number of aliphatic hydroxyl groups is 1. The first-order valence-corrected chi connectivity index (χ1v) is 6.95. The van der Waals surface area contributed by atoms with Crippen molar-refractivity contribution in [3.05, 3.63) is 23.2 Å². The number of aryl methyl sites for hydroxylation is 1. The van der Waals surface area contributed by atoms with Gasteiger partial charge in [-0.2, -0.15) is 0 Å². The Hall–Kier alpha value is -2.02. The number of furan rings is 1. The Bertz CT molecular complexity index is 484. The smallest absolute Gasteiger partial charge is 0.339 e. The SMILES string of the molecule is CCCCN(CCO)C(=O)NCc1cc(C(=O)O)c(C)o1. The second kappa shape index (κ2) is 8.31. The van der Waals surface area contributed by atoms with Gasteiger partial charge in [0.25, 0.3) is 0 Å². The summed E-state index contributed by atoms with van der Waals surface area (Å²) >= 11 is 0. The Morgan fingerprint density at radius 1 is 1.38 bits per heavy atom. The first-order valence-electron chi connectivity index (χ1n) is 6.95. The van der Waals surface area contributed by atoms with Gasteiger partial charge in [0.1, 0.15) is 17.1 Å². The van der Waals surface area contributed by atoms with Crippen LogP contribution in [0.4, 0.5) is 4.79 Å². The van der Waals surface area contributed by atoms with Crippen LogP contribution < -0.4 is 5.32 Å². The fourth-order valence-corrected chi connectivity index (χ4v) is 1.90. The van der Waals surface area contributed by atoms with E-state index < -0.39 is 5.97 Å². The molecular formula is C14H22N2O5. The van der Waals surface area contributed by atoms with Gasteiger partial charge in [-0.05, 0) is 19.4 Å². The van der Waals surface area contributed by atoms with Crippen molar-refractivity contribution in [3.8, 4) is 0 Å². The highest BCUT2D eigenvalue weighted by Crippen LogP contribution is 2.14. The van der Waals surface area contributed by atoms with Crippen molar-refractivity contribution < 1.29 is 24.2 Å².